The molecule has 0 bridgehead atoms. The molecule has 2 amide bonds. The highest BCUT2D eigenvalue weighted by molar-refractivity contribution is 5.93. The van der Waals surface area contributed by atoms with Crippen molar-refractivity contribution in [2.75, 3.05) is 6.54 Å². The number of carbonyl (C=O) groups excluding carboxylic acids is 2. The van der Waals surface area contributed by atoms with Crippen molar-refractivity contribution in [3.05, 3.63) is 0 Å². The second-order valence-electron chi connectivity index (χ2n) is 6.42. The van der Waals surface area contributed by atoms with Gasteiger partial charge in [0.15, 0.2) is 5.96 Å². The smallest absolute Gasteiger partial charge is 0.326 e. The molecule has 0 spiro atoms. The molecule has 0 saturated carbocycles. The van der Waals surface area contributed by atoms with Crippen LogP contribution in [0.3, 0.4) is 0 Å². The monoisotopic (exact) mass is 402 g/mol. The maximum absolute atomic E-state index is 12.6. The minimum atomic E-state index is -1.33. The number of carbonyl (C=O) groups is 4. The molecule has 0 fully saturated rings. The summed E-state index contributed by atoms with van der Waals surface area (Å²) in [7, 11) is 0. The summed E-state index contributed by atoms with van der Waals surface area (Å²) in [6.07, 6.45) is 0.314. The summed E-state index contributed by atoms with van der Waals surface area (Å²) < 4.78 is 0. The van der Waals surface area contributed by atoms with E-state index in [2.05, 4.69) is 15.6 Å². The van der Waals surface area contributed by atoms with Gasteiger partial charge >= 0.3 is 11.9 Å². The molecule has 0 aliphatic heterocycles. The van der Waals surface area contributed by atoms with Crippen molar-refractivity contribution in [3.63, 3.8) is 0 Å². The van der Waals surface area contributed by atoms with Crippen molar-refractivity contribution < 1.29 is 29.4 Å². The minimum absolute atomic E-state index is 0.0809. The Morgan fingerprint density at radius 2 is 1.68 bits per heavy atom. The molecule has 0 unspecified atom stereocenters. The standard InChI is InChI=1S/C16H30N6O6/c1-3-8(2)12(22-13(25)9(17)7-11(23)24)14(26)21-10(15(27)28)5-4-6-20-16(18)19/h8-10,12H,3-7,17H2,1-2H3,(H,21,26)(H,22,25)(H,23,24)(H,27,28)(H4,18,19,20)/t8-,9-,10-,12-/m0/s1. The molecule has 0 aliphatic carbocycles. The second kappa shape index (κ2) is 12.5. The van der Waals surface area contributed by atoms with Crippen LogP contribution in [-0.4, -0.2) is 64.6 Å². The lowest BCUT2D eigenvalue weighted by Gasteiger charge is -2.26. The lowest BCUT2D eigenvalue weighted by atomic mass is 9.97. The molecular formula is C16H30N6O6. The summed E-state index contributed by atoms with van der Waals surface area (Å²) in [5.74, 6) is -4.44. The second-order valence-corrected chi connectivity index (χ2v) is 6.42. The van der Waals surface area contributed by atoms with Crippen LogP contribution >= 0.6 is 0 Å². The molecule has 0 rings (SSSR count). The van der Waals surface area contributed by atoms with Crippen LogP contribution in [0.2, 0.25) is 0 Å². The van der Waals surface area contributed by atoms with Gasteiger partial charge in [-0.05, 0) is 18.8 Å². The predicted molar refractivity (Wildman–Crippen MR) is 101 cm³/mol. The van der Waals surface area contributed by atoms with Crippen LogP contribution in [0.1, 0.15) is 39.5 Å². The molecule has 0 radical (unpaired) electrons. The summed E-state index contributed by atoms with van der Waals surface area (Å²) in [4.78, 5) is 50.5. The van der Waals surface area contributed by atoms with Gasteiger partial charge in [-0.25, -0.2) is 4.79 Å². The third-order valence-corrected chi connectivity index (χ3v) is 4.08. The summed E-state index contributed by atoms with van der Waals surface area (Å²) in [6.45, 7) is 3.69. The number of hydrogen-bond acceptors (Lipinski definition) is 6. The quantitative estimate of drug-likeness (QED) is 0.102. The summed E-state index contributed by atoms with van der Waals surface area (Å²) in [5, 5.41) is 22.8. The molecule has 10 N–H and O–H groups in total. The van der Waals surface area contributed by atoms with E-state index in [1.807, 2.05) is 0 Å². The fourth-order valence-electron chi connectivity index (χ4n) is 2.27. The fourth-order valence-corrected chi connectivity index (χ4v) is 2.27. The highest BCUT2D eigenvalue weighted by Crippen LogP contribution is 2.10. The van der Waals surface area contributed by atoms with E-state index in [9.17, 15) is 24.3 Å². The first-order valence-corrected chi connectivity index (χ1v) is 8.85. The van der Waals surface area contributed by atoms with Crippen molar-refractivity contribution >= 4 is 29.7 Å². The molecule has 0 aromatic heterocycles. The number of guanidine groups is 1. The van der Waals surface area contributed by atoms with Crippen molar-refractivity contribution in [2.24, 2.45) is 28.1 Å². The fraction of sp³-hybridized carbons (Fsp3) is 0.688. The SMILES string of the molecule is CC[C@H](C)[C@H](NC(=O)[C@@H](N)CC(=O)O)C(=O)N[C@@H](CCCN=C(N)N)C(=O)O. The first-order valence-electron chi connectivity index (χ1n) is 8.85. The maximum atomic E-state index is 12.6. The van der Waals surface area contributed by atoms with E-state index in [1.165, 1.54) is 0 Å². The third-order valence-electron chi connectivity index (χ3n) is 4.08. The van der Waals surface area contributed by atoms with E-state index < -0.39 is 48.3 Å². The third kappa shape index (κ3) is 9.71. The Kier molecular flexibility index (Phi) is 11.2. The van der Waals surface area contributed by atoms with Crippen molar-refractivity contribution in [1.82, 2.24) is 10.6 Å². The van der Waals surface area contributed by atoms with Crippen LogP contribution in [0.25, 0.3) is 0 Å². The summed E-state index contributed by atoms with van der Waals surface area (Å²) in [6, 6.07) is -3.58. The Morgan fingerprint density at radius 1 is 1.07 bits per heavy atom. The zero-order valence-electron chi connectivity index (χ0n) is 16.1. The number of nitrogens with two attached hydrogens (primary N) is 3. The van der Waals surface area contributed by atoms with Gasteiger partial charge in [0.2, 0.25) is 11.8 Å². The predicted octanol–water partition coefficient (Wildman–Crippen LogP) is -2.06. The summed E-state index contributed by atoms with van der Waals surface area (Å²) in [5.41, 5.74) is 15.9. The zero-order valence-corrected chi connectivity index (χ0v) is 16.1. The van der Waals surface area contributed by atoms with Crippen molar-refractivity contribution in [1.29, 1.82) is 0 Å². The molecule has 0 aromatic carbocycles. The minimum Gasteiger partial charge on any atom is -0.481 e. The van der Waals surface area contributed by atoms with Crippen LogP contribution in [-0.2, 0) is 19.2 Å². The Labute approximate surface area is 162 Å². The van der Waals surface area contributed by atoms with E-state index in [-0.39, 0.29) is 24.8 Å². The molecule has 0 heterocycles. The van der Waals surface area contributed by atoms with E-state index in [0.717, 1.165) is 0 Å². The summed E-state index contributed by atoms with van der Waals surface area (Å²) >= 11 is 0. The first-order chi connectivity index (χ1) is 13.0. The van der Waals surface area contributed by atoms with Gasteiger partial charge in [-0.2, -0.15) is 0 Å². The van der Waals surface area contributed by atoms with Crippen molar-refractivity contribution in [2.45, 2.75) is 57.7 Å². The van der Waals surface area contributed by atoms with Gasteiger partial charge in [0.05, 0.1) is 12.5 Å². The molecule has 0 aromatic rings. The molecule has 0 aliphatic rings. The van der Waals surface area contributed by atoms with E-state index in [4.69, 9.17) is 22.3 Å². The van der Waals surface area contributed by atoms with Crippen LogP contribution < -0.4 is 27.8 Å². The Morgan fingerprint density at radius 3 is 2.14 bits per heavy atom. The number of aliphatic carboxylic acids is 2. The van der Waals surface area contributed by atoms with Gasteiger partial charge in [-0.3, -0.25) is 19.4 Å². The van der Waals surface area contributed by atoms with E-state index in [0.29, 0.717) is 12.8 Å². The van der Waals surface area contributed by atoms with E-state index in [1.54, 1.807) is 13.8 Å². The van der Waals surface area contributed by atoms with Crippen LogP contribution in [0, 0.1) is 5.92 Å². The number of aliphatic imine (C=N–C) groups is 1. The molecule has 28 heavy (non-hydrogen) atoms. The number of nitrogens with one attached hydrogen (secondary N) is 2. The van der Waals surface area contributed by atoms with Crippen molar-refractivity contribution in [3.8, 4) is 0 Å². The van der Waals surface area contributed by atoms with Crippen LogP contribution in [0.4, 0.5) is 0 Å². The number of nitrogens with zero attached hydrogens (tertiary/aromatic N) is 1. The normalized spacial score (nSPS) is 14.8. The average Bonchev–Trinajstić information content (AvgIpc) is 2.59. The number of amides is 2. The van der Waals surface area contributed by atoms with Gasteiger partial charge in [-0.15, -0.1) is 0 Å². The first kappa shape index (κ1) is 25.1. The Balaban J connectivity index is 5.06. The maximum Gasteiger partial charge on any atom is 0.326 e. The number of carboxylic acid groups (broad SMARTS) is 2. The van der Waals surface area contributed by atoms with Gasteiger partial charge in [0.1, 0.15) is 12.1 Å². The lowest BCUT2D eigenvalue weighted by molar-refractivity contribution is -0.143. The molecule has 12 heteroatoms. The number of carboxylic acids is 2. The van der Waals surface area contributed by atoms with Gasteiger partial charge in [-0.1, -0.05) is 20.3 Å². The number of hydrogen-bond donors (Lipinski definition) is 7. The molecule has 160 valence electrons. The highest BCUT2D eigenvalue weighted by Gasteiger charge is 2.31. The van der Waals surface area contributed by atoms with Gasteiger partial charge in [0.25, 0.3) is 0 Å². The van der Waals surface area contributed by atoms with Crippen LogP contribution in [0.15, 0.2) is 4.99 Å². The number of rotatable bonds is 13. The molecular weight excluding hydrogens is 372 g/mol. The van der Waals surface area contributed by atoms with Gasteiger partial charge < -0.3 is 38.0 Å². The lowest BCUT2D eigenvalue weighted by Crippen LogP contribution is -2.56. The zero-order chi connectivity index (χ0) is 21.9. The van der Waals surface area contributed by atoms with Crippen LogP contribution in [0.5, 0.6) is 0 Å². The average molecular weight is 402 g/mol. The topological polar surface area (TPSA) is 223 Å². The molecule has 12 nitrogen and oxygen atoms in total. The molecule has 0 saturated heterocycles. The Bertz CT molecular complexity index is 592. The van der Waals surface area contributed by atoms with Gasteiger partial charge in [0, 0.05) is 6.54 Å². The Hall–Kier alpha value is -2.89. The molecule has 4 atom stereocenters. The highest BCUT2D eigenvalue weighted by atomic mass is 16.4. The van der Waals surface area contributed by atoms with E-state index >= 15 is 0 Å². The largest absolute Gasteiger partial charge is 0.481 e.